The van der Waals surface area contributed by atoms with Gasteiger partial charge in [0.2, 0.25) is 0 Å². The Labute approximate surface area is 260 Å². The third-order valence-electron chi connectivity index (χ3n) is 4.89. The lowest BCUT2D eigenvalue weighted by atomic mass is 10.3. The minimum atomic E-state index is -0.188. The van der Waals surface area contributed by atoms with Gasteiger partial charge in [0.25, 0.3) is 0 Å². The normalized spacial score (nSPS) is 11.4. The van der Waals surface area contributed by atoms with Crippen molar-refractivity contribution in [2.45, 2.75) is 19.8 Å². The van der Waals surface area contributed by atoms with Crippen LogP contribution in [-0.4, -0.2) is 163 Å². The molecule has 0 amide bonds. The van der Waals surface area contributed by atoms with Crippen LogP contribution < -0.4 is 0 Å². The van der Waals surface area contributed by atoms with Crippen molar-refractivity contribution >= 4 is 21.9 Å². The third kappa shape index (κ3) is 37.5. The lowest BCUT2D eigenvalue weighted by molar-refractivity contribution is -0.145. The second-order valence-corrected chi connectivity index (χ2v) is 9.19. The van der Waals surface area contributed by atoms with Crippen LogP contribution in [0, 0.1) is 0 Å². The number of carbonyl (C=O) groups excluding carboxylic acids is 1. The number of alkyl halides is 1. The van der Waals surface area contributed by atoms with Crippen LogP contribution in [0.4, 0.5) is 0 Å². The zero-order chi connectivity index (χ0) is 30.4. The topological polar surface area (TPSA) is 128 Å². The minimum absolute atomic E-state index is 0.188. The fraction of sp³-hybridized carbons (Fsp3) is 0.964. The highest BCUT2D eigenvalue weighted by molar-refractivity contribution is 9.09. The van der Waals surface area contributed by atoms with Crippen molar-refractivity contribution in [3.05, 3.63) is 0 Å². The molecule has 0 heterocycles. The molecule has 13 nitrogen and oxygen atoms in total. The van der Waals surface area contributed by atoms with Crippen molar-refractivity contribution < 1.29 is 61.6 Å². The molecule has 0 rings (SSSR count). The Hall–Kier alpha value is -0.490. The van der Waals surface area contributed by atoms with Crippen molar-refractivity contribution in [1.82, 2.24) is 0 Å². The van der Waals surface area contributed by atoms with Crippen LogP contribution in [0.3, 0.4) is 0 Å². The molecule has 0 aliphatic heterocycles. The van der Waals surface area contributed by atoms with E-state index >= 15 is 0 Å². The second-order valence-electron chi connectivity index (χ2n) is 8.40. The molecule has 0 fully saturated rings. The van der Waals surface area contributed by atoms with Crippen LogP contribution in [-0.2, 0) is 61.6 Å². The van der Waals surface area contributed by atoms with Gasteiger partial charge in [-0.05, 0) is 6.42 Å². The number of hydrogen-bond donors (Lipinski definition) is 0. The molecule has 0 saturated carbocycles. The van der Waals surface area contributed by atoms with E-state index in [-0.39, 0.29) is 12.6 Å². The van der Waals surface area contributed by atoms with Crippen molar-refractivity contribution in [3.63, 3.8) is 0 Å². The van der Waals surface area contributed by atoms with Gasteiger partial charge in [-0.3, -0.25) is 4.79 Å². The van der Waals surface area contributed by atoms with E-state index in [1.807, 2.05) is 6.92 Å². The summed E-state index contributed by atoms with van der Waals surface area (Å²) in [5.41, 5.74) is 0. The largest absolute Gasteiger partial charge is 0.463 e. The van der Waals surface area contributed by atoms with Gasteiger partial charge in [0, 0.05) is 11.8 Å². The lowest BCUT2D eigenvalue weighted by Crippen LogP contribution is -2.15. The van der Waals surface area contributed by atoms with Crippen LogP contribution in [0.15, 0.2) is 0 Å². The van der Waals surface area contributed by atoms with E-state index in [0.717, 1.165) is 11.8 Å². The van der Waals surface area contributed by atoms with Crippen LogP contribution >= 0.6 is 15.9 Å². The summed E-state index contributed by atoms with van der Waals surface area (Å²) in [5, 5.41) is 0.835. The maximum atomic E-state index is 11.2. The average molecular weight is 680 g/mol. The molecule has 0 spiro atoms. The molecule has 252 valence electrons. The first-order chi connectivity index (χ1) is 20.8. The molecular weight excluding hydrogens is 624 g/mol. The molecule has 0 unspecified atom stereocenters. The predicted molar refractivity (Wildman–Crippen MR) is 159 cm³/mol. The zero-order valence-electron chi connectivity index (χ0n) is 25.6. The molecule has 0 aliphatic carbocycles. The van der Waals surface area contributed by atoms with E-state index in [9.17, 15) is 4.79 Å². The number of hydrogen-bond acceptors (Lipinski definition) is 13. The Morgan fingerprint density at radius 3 is 0.810 bits per heavy atom. The number of halogens is 1. The van der Waals surface area contributed by atoms with Crippen LogP contribution in [0.5, 0.6) is 0 Å². The molecule has 0 bridgehead atoms. The fourth-order valence-corrected chi connectivity index (χ4v) is 3.08. The van der Waals surface area contributed by atoms with Gasteiger partial charge in [-0.1, -0.05) is 22.9 Å². The number of ether oxygens (including phenoxy) is 12. The Kier molecular flexibility index (Phi) is 38.1. The third-order valence-corrected chi connectivity index (χ3v) is 5.21. The smallest absolute Gasteiger partial charge is 0.305 e. The van der Waals surface area contributed by atoms with Gasteiger partial charge in [-0.2, -0.15) is 0 Å². The molecule has 0 N–H and O–H groups in total. The minimum Gasteiger partial charge on any atom is -0.463 e. The van der Waals surface area contributed by atoms with Gasteiger partial charge < -0.3 is 56.8 Å². The SMILES string of the molecule is CCCC(=O)OCCOCCOCCOCCOCCOCCOCCOCCOCCOCCOCCOCCBr. The van der Waals surface area contributed by atoms with Gasteiger partial charge >= 0.3 is 5.97 Å². The lowest BCUT2D eigenvalue weighted by Gasteiger charge is -2.09. The molecule has 0 aromatic rings. The molecule has 42 heavy (non-hydrogen) atoms. The summed E-state index contributed by atoms with van der Waals surface area (Å²) in [7, 11) is 0. The van der Waals surface area contributed by atoms with E-state index in [4.69, 9.17) is 56.8 Å². The van der Waals surface area contributed by atoms with Gasteiger partial charge in [0.15, 0.2) is 0 Å². The van der Waals surface area contributed by atoms with E-state index in [1.54, 1.807) is 0 Å². The van der Waals surface area contributed by atoms with E-state index in [2.05, 4.69) is 15.9 Å². The maximum Gasteiger partial charge on any atom is 0.305 e. The van der Waals surface area contributed by atoms with E-state index in [0.29, 0.717) is 152 Å². The van der Waals surface area contributed by atoms with Crippen molar-refractivity contribution in [2.75, 3.05) is 157 Å². The summed E-state index contributed by atoms with van der Waals surface area (Å²) >= 11 is 3.30. The number of carbonyl (C=O) groups is 1. The first kappa shape index (κ1) is 41.5. The molecule has 0 saturated heterocycles. The highest BCUT2D eigenvalue weighted by Crippen LogP contribution is 1.91. The average Bonchev–Trinajstić information content (AvgIpc) is 2.99. The van der Waals surface area contributed by atoms with Crippen LogP contribution in [0.1, 0.15) is 19.8 Å². The van der Waals surface area contributed by atoms with Crippen LogP contribution in [0.2, 0.25) is 0 Å². The summed E-state index contributed by atoms with van der Waals surface area (Å²) in [5.74, 6) is -0.188. The zero-order valence-corrected chi connectivity index (χ0v) is 27.2. The predicted octanol–water partition coefficient (Wildman–Crippen LogP) is 1.91. The Balaban J connectivity index is 3.05. The summed E-state index contributed by atoms with van der Waals surface area (Å²) < 4.78 is 64.5. The molecular formula is C28H55BrO13. The monoisotopic (exact) mass is 678 g/mol. The quantitative estimate of drug-likeness (QED) is 0.0540. The standard InChI is InChI=1S/C28H55BrO13/c1-2-3-28(30)42-27-26-41-25-24-40-23-22-39-21-20-38-19-18-37-17-16-36-15-14-35-13-12-34-11-10-33-9-8-32-7-6-31-5-4-29/h2-27H2,1H3. The Morgan fingerprint density at radius 2 is 0.595 bits per heavy atom. The van der Waals surface area contributed by atoms with Gasteiger partial charge in [-0.25, -0.2) is 0 Å². The van der Waals surface area contributed by atoms with Crippen molar-refractivity contribution in [2.24, 2.45) is 0 Å². The molecule has 0 aromatic carbocycles. The Bertz CT molecular complexity index is 520. The highest BCUT2D eigenvalue weighted by atomic mass is 79.9. The van der Waals surface area contributed by atoms with Gasteiger partial charge in [-0.15, -0.1) is 0 Å². The fourth-order valence-electron chi connectivity index (χ4n) is 2.85. The van der Waals surface area contributed by atoms with Crippen molar-refractivity contribution in [3.8, 4) is 0 Å². The maximum absolute atomic E-state index is 11.2. The summed E-state index contributed by atoms with van der Waals surface area (Å²) in [6.45, 7) is 13.5. The van der Waals surface area contributed by atoms with E-state index < -0.39 is 0 Å². The van der Waals surface area contributed by atoms with Gasteiger partial charge in [0.05, 0.1) is 145 Å². The first-order valence-corrected chi connectivity index (χ1v) is 16.0. The molecule has 0 radical (unpaired) electrons. The summed E-state index contributed by atoms with van der Waals surface area (Å²) in [4.78, 5) is 11.2. The molecule has 14 heteroatoms. The second kappa shape index (κ2) is 38.5. The number of esters is 1. The highest BCUT2D eigenvalue weighted by Gasteiger charge is 2.00. The number of rotatable bonds is 37. The first-order valence-electron chi connectivity index (χ1n) is 14.9. The van der Waals surface area contributed by atoms with Gasteiger partial charge in [0.1, 0.15) is 6.61 Å². The summed E-state index contributed by atoms with van der Waals surface area (Å²) in [6, 6.07) is 0. The van der Waals surface area contributed by atoms with Crippen LogP contribution in [0.25, 0.3) is 0 Å². The van der Waals surface area contributed by atoms with E-state index in [1.165, 1.54) is 0 Å². The summed E-state index contributed by atoms with van der Waals surface area (Å²) in [6.07, 6.45) is 1.23. The Morgan fingerprint density at radius 1 is 0.381 bits per heavy atom. The molecule has 0 atom stereocenters. The molecule has 0 aromatic heterocycles. The molecule has 0 aliphatic rings. The van der Waals surface area contributed by atoms with Crippen molar-refractivity contribution in [1.29, 1.82) is 0 Å².